The molecule has 2 heterocycles. The number of hydrogen-bond donors (Lipinski definition) is 1. The molecule has 0 aromatic carbocycles. The Morgan fingerprint density at radius 3 is 3.06 bits per heavy atom. The van der Waals surface area contributed by atoms with Crippen LogP contribution in [0.3, 0.4) is 0 Å². The Hall–Kier alpha value is -1.60. The first-order chi connectivity index (χ1) is 8.70. The zero-order valence-corrected chi connectivity index (χ0v) is 11.1. The summed E-state index contributed by atoms with van der Waals surface area (Å²) in [5.41, 5.74) is 0.708. The summed E-state index contributed by atoms with van der Waals surface area (Å²) < 4.78 is 3.79. The Morgan fingerprint density at radius 2 is 2.33 bits per heavy atom. The van der Waals surface area contributed by atoms with Crippen LogP contribution in [0.25, 0.3) is 0 Å². The van der Waals surface area contributed by atoms with Crippen LogP contribution < -0.4 is 5.32 Å². The Balaban J connectivity index is 2.14. The molecule has 2 rings (SSSR count). The Morgan fingerprint density at radius 1 is 1.50 bits per heavy atom. The quantitative estimate of drug-likeness (QED) is 0.870. The summed E-state index contributed by atoms with van der Waals surface area (Å²) in [6.45, 7) is 2.02. The Kier molecular flexibility index (Phi) is 4.16. The average Bonchev–Trinajstić information content (AvgIpc) is 2.78. The van der Waals surface area contributed by atoms with Crippen LogP contribution in [0.15, 0.2) is 12.4 Å². The van der Waals surface area contributed by atoms with Crippen LogP contribution in [0.1, 0.15) is 28.7 Å². The molecule has 94 valence electrons. The smallest absolute Gasteiger partial charge is 0.270 e. The number of aryl methyl sites for hydroxylation is 1. The largest absolute Gasteiger partial charge is 0.306 e. The van der Waals surface area contributed by atoms with E-state index in [9.17, 15) is 4.79 Å². The summed E-state index contributed by atoms with van der Waals surface area (Å²) in [6, 6.07) is 1.48. The van der Waals surface area contributed by atoms with Crippen molar-refractivity contribution in [2.75, 3.05) is 5.32 Å². The fourth-order valence-corrected chi connectivity index (χ4v) is 2.11. The van der Waals surface area contributed by atoms with Crippen LogP contribution in [0, 0.1) is 0 Å². The third kappa shape index (κ3) is 2.99. The summed E-state index contributed by atoms with van der Waals surface area (Å²) in [6.07, 6.45) is 2.92. The first-order valence-corrected chi connectivity index (χ1v) is 6.46. The molecule has 2 aromatic rings. The lowest BCUT2D eigenvalue weighted by Gasteiger charge is -2.03. The molecule has 0 saturated carbocycles. The van der Waals surface area contributed by atoms with Gasteiger partial charge in [0.1, 0.15) is 22.2 Å². The number of nitrogens with zero attached hydrogens (tertiary/aromatic N) is 4. The van der Waals surface area contributed by atoms with Crippen molar-refractivity contribution < 1.29 is 4.79 Å². The maximum absolute atomic E-state index is 12.0. The highest BCUT2D eigenvalue weighted by Crippen LogP contribution is 2.15. The van der Waals surface area contributed by atoms with Crippen molar-refractivity contribution in [2.24, 2.45) is 0 Å². The fourth-order valence-electron chi connectivity index (χ4n) is 1.36. The summed E-state index contributed by atoms with van der Waals surface area (Å²) in [7, 11) is 0. The van der Waals surface area contributed by atoms with Crippen LogP contribution in [-0.2, 0) is 6.42 Å². The second-order valence-electron chi connectivity index (χ2n) is 3.48. The summed E-state index contributed by atoms with van der Waals surface area (Å²) in [4.78, 5) is 20.1. The van der Waals surface area contributed by atoms with Crippen molar-refractivity contribution >= 4 is 34.9 Å². The first-order valence-electron chi connectivity index (χ1n) is 5.31. The van der Waals surface area contributed by atoms with Gasteiger partial charge in [-0.3, -0.25) is 4.79 Å². The molecule has 0 atom stereocenters. The molecule has 1 amide bonds. The molecular formula is C10H10ClN5OS. The second kappa shape index (κ2) is 5.83. The number of amides is 1. The van der Waals surface area contributed by atoms with E-state index in [1.165, 1.54) is 12.4 Å². The number of rotatable bonds is 4. The van der Waals surface area contributed by atoms with E-state index in [0.29, 0.717) is 16.4 Å². The lowest BCUT2D eigenvalue weighted by Crippen LogP contribution is -2.13. The zero-order chi connectivity index (χ0) is 13.0. The van der Waals surface area contributed by atoms with Crippen molar-refractivity contribution in [3.05, 3.63) is 28.1 Å². The number of aromatic nitrogens is 4. The number of nitrogens with one attached hydrogen (secondary N) is 1. The lowest BCUT2D eigenvalue weighted by molar-refractivity contribution is 0.102. The van der Waals surface area contributed by atoms with Gasteiger partial charge in [0.25, 0.3) is 5.91 Å². The summed E-state index contributed by atoms with van der Waals surface area (Å²) in [5.74, 6) is 0.0825. The molecule has 1 N–H and O–H groups in total. The number of hydrogen-bond acceptors (Lipinski definition) is 6. The van der Waals surface area contributed by atoms with Gasteiger partial charge in [0.15, 0.2) is 0 Å². The van der Waals surface area contributed by atoms with Gasteiger partial charge in [-0.15, -0.1) is 5.10 Å². The molecule has 0 spiro atoms. The Bertz CT molecular complexity index is 559. The van der Waals surface area contributed by atoms with Gasteiger partial charge >= 0.3 is 0 Å². The van der Waals surface area contributed by atoms with E-state index in [0.717, 1.165) is 24.4 Å². The number of halogens is 1. The minimum Gasteiger partial charge on any atom is -0.306 e. The fraction of sp³-hybridized carbons (Fsp3) is 0.300. The molecule has 18 heavy (non-hydrogen) atoms. The van der Waals surface area contributed by atoms with Gasteiger partial charge in [0, 0.05) is 6.07 Å². The van der Waals surface area contributed by atoms with Crippen molar-refractivity contribution in [2.45, 2.75) is 19.8 Å². The van der Waals surface area contributed by atoms with E-state index in [4.69, 9.17) is 11.6 Å². The maximum atomic E-state index is 12.0. The number of anilines is 1. The minimum atomic E-state index is -0.275. The van der Waals surface area contributed by atoms with Gasteiger partial charge in [-0.05, 0) is 18.0 Å². The first kappa shape index (κ1) is 12.8. The van der Waals surface area contributed by atoms with Gasteiger partial charge < -0.3 is 5.32 Å². The van der Waals surface area contributed by atoms with E-state index in [2.05, 4.69) is 24.9 Å². The molecule has 0 fully saturated rings. The van der Waals surface area contributed by atoms with Crippen LogP contribution in [-0.4, -0.2) is 25.5 Å². The monoisotopic (exact) mass is 283 g/mol. The molecule has 8 heteroatoms. The van der Waals surface area contributed by atoms with E-state index < -0.39 is 0 Å². The molecule has 0 aliphatic heterocycles. The molecule has 0 saturated heterocycles. The van der Waals surface area contributed by atoms with E-state index in [-0.39, 0.29) is 11.1 Å². The third-order valence-electron chi connectivity index (χ3n) is 2.12. The van der Waals surface area contributed by atoms with Gasteiger partial charge in [0.2, 0.25) is 0 Å². The van der Waals surface area contributed by atoms with Crippen LogP contribution in [0.5, 0.6) is 0 Å². The van der Waals surface area contributed by atoms with Crippen molar-refractivity contribution in [1.82, 2.24) is 19.6 Å². The van der Waals surface area contributed by atoms with Crippen molar-refractivity contribution in [3.63, 3.8) is 0 Å². The van der Waals surface area contributed by atoms with Crippen molar-refractivity contribution in [3.8, 4) is 0 Å². The van der Waals surface area contributed by atoms with Crippen molar-refractivity contribution in [1.29, 1.82) is 0 Å². The minimum absolute atomic E-state index is 0.275. The van der Waals surface area contributed by atoms with Crippen LogP contribution in [0.2, 0.25) is 5.15 Å². The third-order valence-corrected chi connectivity index (χ3v) is 3.10. The highest BCUT2D eigenvalue weighted by Gasteiger charge is 2.16. The zero-order valence-electron chi connectivity index (χ0n) is 9.55. The highest BCUT2D eigenvalue weighted by molar-refractivity contribution is 7.08. The van der Waals surface area contributed by atoms with Gasteiger partial charge in [-0.1, -0.05) is 29.4 Å². The topological polar surface area (TPSA) is 80.7 Å². The van der Waals surface area contributed by atoms with Gasteiger partial charge in [0.05, 0.1) is 5.69 Å². The number of carbonyl (C=O) groups is 1. The SMILES string of the molecule is CCCc1nnsc1C(=O)Nc1cc(Cl)ncn1. The standard InChI is InChI=1S/C10H10ClN5OS/c1-2-3-6-9(18-16-15-6)10(17)14-8-4-7(11)12-5-13-8/h4-5H,2-3H2,1H3,(H,12,13,14,17). The predicted molar refractivity (Wildman–Crippen MR) is 68.9 cm³/mol. The molecule has 0 bridgehead atoms. The molecule has 6 nitrogen and oxygen atoms in total. The van der Waals surface area contributed by atoms with E-state index in [1.54, 1.807) is 0 Å². The van der Waals surface area contributed by atoms with Gasteiger partial charge in [-0.2, -0.15) is 0 Å². The van der Waals surface area contributed by atoms with E-state index in [1.807, 2.05) is 6.92 Å². The van der Waals surface area contributed by atoms with Gasteiger partial charge in [-0.25, -0.2) is 9.97 Å². The predicted octanol–water partition coefficient (Wildman–Crippen LogP) is 2.19. The molecular weight excluding hydrogens is 274 g/mol. The molecule has 0 aliphatic carbocycles. The normalized spacial score (nSPS) is 10.3. The second-order valence-corrected chi connectivity index (χ2v) is 4.62. The molecule has 0 radical (unpaired) electrons. The number of carbonyl (C=O) groups excluding carboxylic acids is 1. The van der Waals surface area contributed by atoms with Crippen LogP contribution >= 0.6 is 23.1 Å². The average molecular weight is 284 g/mol. The summed E-state index contributed by atoms with van der Waals surface area (Å²) in [5, 5.41) is 6.85. The summed E-state index contributed by atoms with van der Waals surface area (Å²) >= 11 is 6.78. The highest BCUT2D eigenvalue weighted by atomic mass is 35.5. The maximum Gasteiger partial charge on any atom is 0.270 e. The molecule has 2 aromatic heterocycles. The van der Waals surface area contributed by atoms with E-state index >= 15 is 0 Å². The lowest BCUT2D eigenvalue weighted by atomic mass is 10.2. The molecule has 0 aliphatic rings. The Labute approximate surface area is 113 Å². The molecule has 0 unspecified atom stereocenters. The van der Waals surface area contributed by atoms with Crippen LogP contribution in [0.4, 0.5) is 5.82 Å².